The number of hydrogen-bond acceptors (Lipinski definition) is 5. The molecule has 6 nitrogen and oxygen atoms in total. The van der Waals surface area contributed by atoms with Gasteiger partial charge in [0.15, 0.2) is 0 Å². The highest BCUT2D eigenvalue weighted by Gasteiger charge is 2.14. The number of hydrogen-bond donors (Lipinski definition) is 2. The van der Waals surface area contributed by atoms with Crippen molar-refractivity contribution in [3.8, 4) is 28.6 Å². The number of pyridine rings is 2. The second-order valence-electron chi connectivity index (χ2n) is 5.60. The minimum absolute atomic E-state index is 0. The Morgan fingerprint density at radius 2 is 1.68 bits per heavy atom. The third-order valence-corrected chi connectivity index (χ3v) is 3.98. The van der Waals surface area contributed by atoms with E-state index in [1.807, 2.05) is 26.0 Å². The van der Waals surface area contributed by atoms with Crippen LogP contribution in [0.4, 0.5) is 0 Å². The first-order chi connectivity index (χ1) is 11.4. The zero-order chi connectivity index (χ0) is 17.4. The highest BCUT2D eigenvalue weighted by molar-refractivity contribution is 5.87. The van der Waals surface area contributed by atoms with Crippen LogP contribution in [0.1, 0.15) is 11.1 Å². The van der Waals surface area contributed by atoms with Gasteiger partial charge in [-0.05, 0) is 48.7 Å². The number of H-pyrrole nitrogens is 1. The number of aromatic nitrogens is 2. The lowest BCUT2D eigenvalue weighted by atomic mass is 10.0. The highest BCUT2D eigenvalue weighted by Crippen LogP contribution is 2.31. The fraction of sp³-hybridized carbons (Fsp3) is 0.222. The predicted molar refractivity (Wildman–Crippen MR) is 99.3 cm³/mol. The highest BCUT2D eigenvalue weighted by atomic mass is 35.5. The standard InChI is InChI=1S/C18H18N2O4.ClH/c1-9-5-11(6-10(2)17(9)21)12-7-13-16(18(22)20-12)14(23-3)8-15(19-13)24-4;/h5-8,21H,1-4H3,(H,20,22);1H. The number of phenols is 1. The van der Waals surface area contributed by atoms with Crippen molar-refractivity contribution in [3.05, 3.63) is 45.7 Å². The summed E-state index contributed by atoms with van der Waals surface area (Å²) in [5.41, 5.74) is 3.07. The van der Waals surface area contributed by atoms with E-state index in [0.29, 0.717) is 28.2 Å². The molecule has 0 aliphatic carbocycles. The first-order valence-corrected chi connectivity index (χ1v) is 7.41. The van der Waals surface area contributed by atoms with E-state index in [4.69, 9.17) is 9.47 Å². The maximum Gasteiger partial charge on any atom is 0.261 e. The number of fused-ring (bicyclic) bond motifs is 1. The van der Waals surface area contributed by atoms with Crippen LogP contribution < -0.4 is 15.0 Å². The molecule has 25 heavy (non-hydrogen) atoms. The zero-order valence-electron chi connectivity index (χ0n) is 14.3. The molecular weight excluding hydrogens is 344 g/mol. The molecule has 3 aromatic rings. The zero-order valence-corrected chi connectivity index (χ0v) is 15.2. The number of rotatable bonds is 3. The summed E-state index contributed by atoms with van der Waals surface area (Å²) >= 11 is 0. The van der Waals surface area contributed by atoms with Gasteiger partial charge in [0.1, 0.15) is 16.9 Å². The van der Waals surface area contributed by atoms with Crippen molar-refractivity contribution in [2.24, 2.45) is 0 Å². The molecule has 0 atom stereocenters. The fourth-order valence-corrected chi connectivity index (χ4v) is 2.74. The second kappa shape index (κ2) is 7.03. The average Bonchev–Trinajstić information content (AvgIpc) is 2.57. The number of ether oxygens (including phenoxy) is 2. The maximum absolute atomic E-state index is 12.5. The number of aromatic amines is 1. The van der Waals surface area contributed by atoms with Crippen LogP contribution in [0, 0.1) is 13.8 Å². The van der Waals surface area contributed by atoms with Crippen LogP contribution in [0.3, 0.4) is 0 Å². The molecule has 0 aliphatic heterocycles. The van der Waals surface area contributed by atoms with E-state index < -0.39 is 0 Å². The number of aryl methyl sites for hydroxylation is 2. The lowest BCUT2D eigenvalue weighted by Crippen LogP contribution is -2.10. The summed E-state index contributed by atoms with van der Waals surface area (Å²) in [6.45, 7) is 3.63. The van der Waals surface area contributed by atoms with Gasteiger partial charge in [-0.15, -0.1) is 12.4 Å². The minimum Gasteiger partial charge on any atom is -0.507 e. The fourth-order valence-electron chi connectivity index (χ4n) is 2.74. The van der Waals surface area contributed by atoms with Crippen LogP contribution in [-0.4, -0.2) is 29.3 Å². The minimum atomic E-state index is -0.294. The summed E-state index contributed by atoms with van der Waals surface area (Å²) < 4.78 is 10.4. The number of aromatic hydroxyl groups is 1. The van der Waals surface area contributed by atoms with Crippen LogP contribution >= 0.6 is 12.4 Å². The molecule has 2 N–H and O–H groups in total. The van der Waals surface area contributed by atoms with Gasteiger partial charge < -0.3 is 19.6 Å². The van der Waals surface area contributed by atoms with E-state index in [1.165, 1.54) is 14.2 Å². The van der Waals surface area contributed by atoms with Gasteiger partial charge in [-0.1, -0.05) is 0 Å². The molecule has 3 rings (SSSR count). The summed E-state index contributed by atoms with van der Waals surface area (Å²) in [4.78, 5) is 19.7. The molecule has 2 heterocycles. The Bertz CT molecular complexity index is 975. The van der Waals surface area contributed by atoms with Crippen LogP contribution in [0.15, 0.2) is 29.1 Å². The van der Waals surface area contributed by atoms with Crippen LogP contribution in [0.2, 0.25) is 0 Å². The Morgan fingerprint density at radius 3 is 2.24 bits per heavy atom. The van der Waals surface area contributed by atoms with Crippen LogP contribution in [0.25, 0.3) is 22.2 Å². The molecule has 0 spiro atoms. The van der Waals surface area contributed by atoms with Crippen molar-refractivity contribution >= 4 is 23.3 Å². The van der Waals surface area contributed by atoms with Gasteiger partial charge in [0, 0.05) is 6.07 Å². The Labute approximate surface area is 150 Å². The summed E-state index contributed by atoms with van der Waals surface area (Å²) in [7, 11) is 3.00. The molecule has 0 aliphatic rings. The molecule has 0 saturated carbocycles. The van der Waals surface area contributed by atoms with E-state index in [-0.39, 0.29) is 23.7 Å². The van der Waals surface area contributed by atoms with Gasteiger partial charge in [0.05, 0.1) is 25.4 Å². The van der Waals surface area contributed by atoms with Gasteiger partial charge in [-0.3, -0.25) is 4.79 Å². The van der Waals surface area contributed by atoms with E-state index >= 15 is 0 Å². The largest absolute Gasteiger partial charge is 0.507 e. The monoisotopic (exact) mass is 362 g/mol. The third kappa shape index (κ3) is 3.25. The summed E-state index contributed by atoms with van der Waals surface area (Å²) in [6.07, 6.45) is 0. The molecular formula is C18H19ClN2O4. The van der Waals surface area contributed by atoms with Gasteiger partial charge in [-0.2, -0.15) is 0 Å². The van der Waals surface area contributed by atoms with Gasteiger partial charge in [-0.25, -0.2) is 4.98 Å². The van der Waals surface area contributed by atoms with Crippen molar-refractivity contribution in [3.63, 3.8) is 0 Å². The average molecular weight is 363 g/mol. The normalized spacial score (nSPS) is 10.4. The van der Waals surface area contributed by atoms with Gasteiger partial charge in [0.25, 0.3) is 5.56 Å². The molecule has 0 unspecified atom stereocenters. The molecule has 2 aromatic heterocycles. The van der Waals surface area contributed by atoms with Crippen molar-refractivity contribution in [2.75, 3.05) is 14.2 Å². The molecule has 0 radical (unpaired) electrons. The topological polar surface area (TPSA) is 84.4 Å². The van der Waals surface area contributed by atoms with Crippen LogP contribution in [0.5, 0.6) is 17.4 Å². The number of benzene rings is 1. The first-order valence-electron chi connectivity index (χ1n) is 7.41. The maximum atomic E-state index is 12.5. The summed E-state index contributed by atoms with van der Waals surface area (Å²) in [5, 5.41) is 10.3. The van der Waals surface area contributed by atoms with E-state index in [0.717, 1.165) is 16.7 Å². The number of methoxy groups -OCH3 is 2. The Balaban J connectivity index is 0.00000225. The first kappa shape index (κ1) is 18.6. The Hall–Kier alpha value is -2.73. The van der Waals surface area contributed by atoms with Crippen molar-refractivity contribution in [1.29, 1.82) is 0 Å². The van der Waals surface area contributed by atoms with Gasteiger partial charge in [0.2, 0.25) is 5.88 Å². The Kier molecular flexibility index (Phi) is 5.23. The number of nitrogens with one attached hydrogen (secondary N) is 1. The number of nitrogens with zero attached hydrogens (tertiary/aromatic N) is 1. The molecule has 132 valence electrons. The Morgan fingerprint density at radius 1 is 1.04 bits per heavy atom. The second-order valence-corrected chi connectivity index (χ2v) is 5.60. The molecule has 0 saturated heterocycles. The van der Waals surface area contributed by atoms with Crippen molar-refractivity contribution < 1.29 is 14.6 Å². The van der Waals surface area contributed by atoms with E-state index in [1.54, 1.807) is 12.1 Å². The lowest BCUT2D eigenvalue weighted by molar-refractivity contribution is 0.386. The lowest BCUT2D eigenvalue weighted by Gasteiger charge is -2.11. The SMILES string of the molecule is COc1cc(OC)c2c(=O)[nH]c(-c3cc(C)c(O)c(C)c3)cc2n1.Cl. The molecule has 1 aromatic carbocycles. The van der Waals surface area contributed by atoms with Crippen molar-refractivity contribution in [2.45, 2.75) is 13.8 Å². The van der Waals surface area contributed by atoms with Crippen LogP contribution in [-0.2, 0) is 0 Å². The molecule has 0 fully saturated rings. The van der Waals surface area contributed by atoms with E-state index in [2.05, 4.69) is 9.97 Å². The smallest absolute Gasteiger partial charge is 0.261 e. The van der Waals surface area contributed by atoms with E-state index in [9.17, 15) is 9.90 Å². The molecule has 0 amide bonds. The van der Waals surface area contributed by atoms with Gasteiger partial charge >= 0.3 is 0 Å². The number of halogens is 1. The predicted octanol–water partition coefficient (Wildman–Crippen LogP) is 3.35. The third-order valence-electron chi connectivity index (χ3n) is 3.98. The number of phenolic OH excluding ortho intramolecular Hbond substituents is 1. The molecule has 0 bridgehead atoms. The quantitative estimate of drug-likeness (QED) is 0.746. The summed E-state index contributed by atoms with van der Waals surface area (Å²) in [5.74, 6) is 1.03. The summed E-state index contributed by atoms with van der Waals surface area (Å²) in [6, 6.07) is 6.98. The van der Waals surface area contributed by atoms with Crippen molar-refractivity contribution in [1.82, 2.24) is 9.97 Å². The molecule has 7 heteroatoms.